The third kappa shape index (κ3) is 4.99. The number of carbonyl (C=O) groups is 1. The summed E-state index contributed by atoms with van der Waals surface area (Å²) in [4.78, 5) is 12.8. The molecule has 0 aliphatic heterocycles. The van der Waals surface area contributed by atoms with Gasteiger partial charge in [0.15, 0.2) is 0 Å². The van der Waals surface area contributed by atoms with Crippen molar-refractivity contribution in [2.45, 2.75) is 33.8 Å². The van der Waals surface area contributed by atoms with Crippen LogP contribution in [-0.4, -0.2) is 5.97 Å². The maximum Gasteiger partial charge on any atom is 0.311 e. The van der Waals surface area contributed by atoms with Gasteiger partial charge in [0.2, 0.25) is 6.10 Å². The Morgan fingerprint density at radius 1 is 1.10 bits per heavy atom. The van der Waals surface area contributed by atoms with Crippen molar-refractivity contribution in [3.63, 3.8) is 0 Å². The highest BCUT2D eigenvalue weighted by molar-refractivity contribution is 5.78. The standard InChI is InChI=1S/C26H27NO3/c1-18(2)10-8-15-22-24(26(22,3)4)25(28)30-23(17-27)19-11-9-14-21(16-19)29-20-12-6-5-7-13-20/h5-16,22-24H,1-4H3/t22-,23?,24-/m1/s1. The molecular formula is C26H27NO3. The fourth-order valence-corrected chi connectivity index (χ4v) is 3.58. The Balaban J connectivity index is 1.69. The van der Waals surface area contributed by atoms with Crippen LogP contribution in [0.1, 0.15) is 39.4 Å². The van der Waals surface area contributed by atoms with Gasteiger partial charge in [-0.05, 0) is 49.4 Å². The number of nitriles is 1. The van der Waals surface area contributed by atoms with Crippen LogP contribution in [0.15, 0.2) is 78.4 Å². The molecule has 3 rings (SSSR count). The van der Waals surface area contributed by atoms with Crippen molar-refractivity contribution in [1.29, 1.82) is 5.26 Å². The summed E-state index contributed by atoms with van der Waals surface area (Å²) in [6, 6.07) is 18.6. The molecule has 0 saturated heterocycles. The number of rotatable bonds is 7. The second kappa shape index (κ2) is 9.00. The summed E-state index contributed by atoms with van der Waals surface area (Å²) in [7, 11) is 0. The molecule has 154 valence electrons. The van der Waals surface area contributed by atoms with E-state index in [1.807, 2.05) is 70.2 Å². The first-order chi connectivity index (χ1) is 14.3. The van der Waals surface area contributed by atoms with Gasteiger partial charge in [-0.1, -0.05) is 68.0 Å². The van der Waals surface area contributed by atoms with Gasteiger partial charge in [0, 0.05) is 5.56 Å². The van der Waals surface area contributed by atoms with E-state index in [1.54, 1.807) is 24.3 Å². The fraction of sp³-hybridized carbons (Fsp3) is 0.308. The van der Waals surface area contributed by atoms with Crippen LogP contribution in [-0.2, 0) is 9.53 Å². The summed E-state index contributed by atoms with van der Waals surface area (Å²) in [5.41, 5.74) is 1.61. The van der Waals surface area contributed by atoms with Gasteiger partial charge in [0.25, 0.3) is 0 Å². The summed E-state index contributed by atoms with van der Waals surface area (Å²) in [6.45, 7) is 8.15. The molecule has 1 aliphatic carbocycles. The van der Waals surface area contributed by atoms with E-state index in [0.29, 0.717) is 17.1 Å². The van der Waals surface area contributed by atoms with E-state index in [2.05, 4.69) is 12.1 Å². The van der Waals surface area contributed by atoms with Gasteiger partial charge in [0.05, 0.1) is 5.92 Å². The van der Waals surface area contributed by atoms with Gasteiger partial charge in [-0.2, -0.15) is 5.26 Å². The number of benzene rings is 2. The normalized spacial score (nSPS) is 20.1. The number of nitrogens with zero attached hydrogens (tertiary/aromatic N) is 1. The Morgan fingerprint density at radius 2 is 1.80 bits per heavy atom. The molecule has 2 aromatic rings. The van der Waals surface area contributed by atoms with Gasteiger partial charge in [-0.3, -0.25) is 4.79 Å². The molecule has 1 fully saturated rings. The SMILES string of the molecule is CC(C)=CC=C[C@@H]1[C@H](C(=O)OC(C#N)c2cccc(Oc3ccccc3)c2)C1(C)C. The van der Waals surface area contributed by atoms with Crippen molar-refractivity contribution in [3.8, 4) is 17.6 Å². The maximum atomic E-state index is 12.8. The molecule has 4 nitrogen and oxygen atoms in total. The highest BCUT2D eigenvalue weighted by Crippen LogP contribution is 2.59. The number of ether oxygens (including phenoxy) is 2. The molecule has 0 spiro atoms. The van der Waals surface area contributed by atoms with Crippen LogP contribution in [0.25, 0.3) is 0 Å². The molecule has 0 radical (unpaired) electrons. The molecule has 0 amide bonds. The predicted molar refractivity (Wildman–Crippen MR) is 117 cm³/mol. The molecule has 1 unspecified atom stereocenters. The Bertz CT molecular complexity index is 994. The lowest BCUT2D eigenvalue weighted by Crippen LogP contribution is -2.14. The molecule has 0 N–H and O–H groups in total. The second-order valence-corrected chi connectivity index (χ2v) is 8.39. The first-order valence-electron chi connectivity index (χ1n) is 10.1. The molecule has 30 heavy (non-hydrogen) atoms. The minimum absolute atomic E-state index is 0.104. The van der Waals surface area contributed by atoms with E-state index in [4.69, 9.17) is 9.47 Å². The highest BCUT2D eigenvalue weighted by atomic mass is 16.5. The molecule has 4 heteroatoms. The van der Waals surface area contributed by atoms with Gasteiger partial charge < -0.3 is 9.47 Å². The average molecular weight is 402 g/mol. The number of esters is 1. The van der Waals surface area contributed by atoms with Crippen LogP contribution in [0.5, 0.6) is 11.5 Å². The fourth-order valence-electron chi connectivity index (χ4n) is 3.58. The van der Waals surface area contributed by atoms with E-state index in [0.717, 1.165) is 0 Å². The molecule has 3 atom stereocenters. The summed E-state index contributed by atoms with van der Waals surface area (Å²) in [5.74, 6) is 0.801. The zero-order chi connectivity index (χ0) is 21.7. The second-order valence-electron chi connectivity index (χ2n) is 8.39. The largest absolute Gasteiger partial charge is 0.457 e. The Hall–Kier alpha value is -3.32. The van der Waals surface area contributed by atoms with Gasteiger partial charge >= 0.3 is 5.97 Å². The topological polar surface area (TPSA) is 59.3 Å². The van der Waals surface area contributed by atoms with Crippen molar-refractivity contribution in [2.24, 2.45) is 17.3 Å². The molecule has 0 aromatic heterocycles. The Labute approximate surface area is 178 Å². The minimum Gasteiger partial charge on any atom is -0.457 e. The predicted octanol–water partition coefficient (Wildman–Crippen LogP) is 6.38. The zero-order valence-corrected chi connectivity index (χ0v) is 17.8. The third-order valence-electron chi connectivity index (χ3n) is 5.40. The van der Waals surface area contributed by atoms with Crippen LogP contribution in [0, 0.1) is 28.6 Å². The quantitative estimate of drug-likeness (QED) is 0.399. The average Bonchev–Trinajstić information content (AvgIpc) is 3.27. The molecule has 2 aromatic carbocycles. The number of hydrogen-bond acceptors (Lipinski definition) is 4. The van der Waals surface area contributed by atoms with Crippen LogP contribution in [0.2, 0.25) is 0 Å². The lowest BCUT2D eigenvalue weighted by atomic mass is 10.1. The summed E-state index contributed by atoms with van der Waals surface area (Å²) >= 11 is 0. The Morgan fingerprint density at radius 3 is 2.47 bits per heavy atom. The van der Waals surface area contributed by atoms with Gasteiger partial charge in [-0.25, -0.2) is 0 Å². The lowest BCUT2D eigenvalue weighted by molar-refractivity contribution is -0.149. The van der Waals surface area contributed by atoms with E-state index in [-0.39, 0.29) is 23.2 Å². The molecule has 0 heterocycles. The van der Waals surface area contributed by atoms with Crippen LogP contribution < -0.4 is 4.74 Å². The number of allylic oxidation sites excluding steroid dienone is 4. The minimum atomic E-state index is -0.976. The van der Waals surface area contributed by atoms with Crippen molar-refractivity contribution in [2.75, 3.05) is 0 Å². The molecule has 1 aliphatic rings. The first-order valence-corrected chi connectivity index (χ1v) is 10.1. The first kappa shape index (κ1) is 21.4. The van der Waals surface area contributed by atoms with Crippen LogP contribution in [0.3, 0.4) is 0 Å². The number of hydrogen-bond donors (Lipinski definition) is 0. The van der Waals surface area contributed by atoms with Crippen molar-refractivity contribution >= 4 is 5.97 Å². The van der Waals surface area contributed by atoms with Gasteiger partial charge in [-0.15, -0.1) is 0 Å². The lowest BCUT2D eigenvalue weighted by Gasteiger charge is -2.13. The van der Waals surface area contributed by atoms with Crippen LogP contribution >= 0.6 is 0 Å². The van der Waals surface area contributed by atoms with Crippen LogP contribution in [0.4, 0.5) is 0 Å². The molecular weight excluding hydrogens is 374 g/mol. The smallest absolute Gasteiger partial charge is 0.311 e. The number of carbonyl (C=O) groups excluding carboxylic acids is 1. The summed E-state index contributed by atoms with van der Waals surface area (Å²) in [6.07, 6.45) is 5.08. The van der Waals surface area contributed by atoms with Crippen molar-refractivity contribution < 1.29 is 14.3 Å². The van der Waals surface area contributed by atoms with E-state index < -0.39 is 6.10 Å². The molecule has 1 saturated carbocycles. The number of para-hydroxylation sites is 1. The summed E-state index contributed by atoms with van der Waals surface area (Å²) in [5, 5.41) is 9.62. The van der Waals surface area contributed by atoms with Gasteiger partial charge in [0.1, 0.15) is 17.6 Å². The zero-order valence-electron chi connectivity index (χ0n) is 17.8. The molecule has 0 bridgehead atoms. The van der Waals surface area contributed by atoms with Crippen molar-refractivity contribution in [1.82, 2.24) is 0 Å². The third-order valence-corrected chi connectivity index (χ3v) is 5.40. The Kier molecular flexibility index (Phi) is 6.42. The monoisotopic (exact) mass is 401 g/mol. The maximum absolute atomic E-state index is 12.8. The van der Waals surface area contributed by atoms with Crippen molar-refractivity contribution in [3.05, 3.63) is 84.0 Å². The van der Waals surface area contributed by atoms with E-state index in [1.165, 1.54) is 5.57 Å². The van der Waals surface area contributed by atoms with E-state index in [9.17, 15) is 10.1 Å². The highest BCUT2D eigenvalue weighted by Gasteiger charge is 2.61. The van der Waals surface area contributed by atoms with E-state index >= 15 is 0 Å². The summed E-state index contributed by atoms with van der Waals surface area (Å²) < 4.78 is 11.4.